The monoisotopic (exact) mass is 312 g/mol. The van der Waals surface area contributed by atoms with E-state index in [1.54, 1.807) is 11.2 Å². The first-order chi connectivity index (χ1) is 10.1. The Morgan fingerprint density at radius 1 is 1.10 bits per heavy atom. The highest BCUT2D eigenvalue weighted by atomic mass is 32.2. The number of sulfonamides is 1. The molecule has 1 aromatic rings. The Morgan fingerprint density at radius 3 is 2.52 bits per heavy atom. The first-order valence-corrected chi connectivity index (χ1v) is 8.78. The Labute approximate surface area is 125 Å². The summed E-state index contributed by atoms with van der Waals surface area (Å²) in [6, 6.07) is 5.95. The van der Waals surface area contributed by atoms with Crippen LogP contribution in [0.3, 0.4) is 0 Å². The third kappa shape index (κ3) is 3.14. The summed E-state index contributed by atoms with van der Waals surface area (Å²) in [4.78, 5) is 2.26. The number of rotatable bonds is 4. The Kier molecular flexibility index (Phi) is 4.05. The second-order valence-electron chi connectivity index (χ2n) is 5.26. The topological polar surface area (TPSA) is 59.1 Å². The molecule has 0 aliphatic carbocycles. The fourth-order valence-electron chi connectivity index (χ4n) is 2.65. The van der Waals surface area contributed by atoms with E-state index in [0.717, 1.165) is 36.7 Å². The second-order valence-corrected chi connectivity index (χ2v) is 7.52. The van der Waals surface area contributed by atoms with Gasteiger partial charge in [0.25, 0.3) is 0 Å². The number of piperazine rings is 1. The lowest BCUT2D eigenvalue weighted by atomic mass is 10.2. The first kappa shape index (κ1) is 14.6. The maximum atomic E-state index is 11.8. The molecule has 0 saturated carbocycles. The van der Waals surface area contributed by atoms with Gasteiger partial charge in [-0.15, -0.1) is 0 Å². The zero-order valence-electron chi connectivity index (χ0n) is 12.1. The highest BCUT2D eigenvalue weighted by molar-refractivity contribution is 7.89. The minimum Gasteiger partial charge on any atom is -0.454 e. The normalized spacial score (nSPS) is 19.9. The molecule has 3 rings (SSSR count). The van der Waals surface area contributed by atoms with Crippen LogP contribution in [0.25, 0.3) is 0 Å². The van der Waals surface area contributed by atoms with Crippen LogP contribution in [0.5, 0.6) is 11.5 Å². The minimum absolute atomic E-state index is 0.176. The van der Waals surface area contributed by atoms with Gasteiger partial charge in [0.15, 0.2) is 11.5 Å². The van der Waals surface area contributed by atoms with E-state index in [1.165, 1.54) is 0 Å². The maximum Gasteiger partial charge on any atom is 0.231 e. The van der Waals surface area contributed by atoms with Crippen LogP contribution < -0.4 is 9.47 Å². The maximum absolute atomic E-state index is 11.8. The summed E-state index contributed by atoms with van der Waals surface area (Å²) in [5.41, 5.74) is 1.16. The standard InChI is InChI=1S/C14H20N2O4S/c1-2-21(17,18)16-7-5-15(6-8-16)10-12-3-4-13-14(9-12)20-11-19-13/h3-4,9H,2,5-8,10-11H2,1H3. The van der Waals surface area contributed by atoms with E-state index in [9.17, 15) is 8.42 Å². The van der Waals surface area contributed by atoms with Crippen molar-refractivity contribution in [1.82, 2.24) is 9.21 Å². The average molecular weight is 312 g/mol. The van der Waals surface area contributed by atoms with Crippen molar-refractivity contribution in [3.63, 3.8) is 0 Å². The average Bonchev–Trinajstić information content (AvgIpc) is 2.95. The Morgan fingerprint density at radius 2 is 1.81 bits per heavy atom. The van der Waals surface area contributed by atoms with Crippen LogP contribution in [0.2, 0.25) is 0 Å². The van der Waals surface area contributed by atoms with Crippen LogP contribution in [-0.2, 0) is 16.6 Å². The van der Waals surface area contributed by atoms with Gasteiger partial charge in [0.2, 0.25) is 16.8 Å². The van der Waals surface area contributed by atoms with Gasteiger partial charge in [0, 0.05) is 32.7 Å². The first-order valence-electron chi connectivity index (χ1n) is 7.17. The van der Waals surface area contributed by atoms with Crippen LogP contribution in [0.15, 0.2) is 18.2 Å². The molecule has 0 N–H and O–H groups in total. The molecule has 1 fully saturated rings. The largest absolute Gasteiger partial charge is 0.454 e. The molecule has 0 spiro atoms. The number of nitrogens with zero attached hydrogens (tertiary/aromatic N) is 2. The van der Waals surface area contributed by atoms with Crippen LogP contribution in [-0.4, -0.2) is 56.3 Å². The number of hydrogen-bond donors (Lipinski definition) is 0. The summed E-state index contributed by atoms with van der Waals surface area (Å²) >= 11 is 0. The molecule has 0 bridgehead atoms. The molecular formula is C14H20N2O4S. The molecule has 7 heteroatoms. The van der Waals surface area contributed by atoms with Gasteiger partial charge in [0.05, 0.1) is 5.75 Å². The van der Waals surface area contributed by atoms with Crippen molar-refractivity contribution in [2.45, 2.75) is 13.5 Å². The van der Waals surface area contributed by atoms with Gasteiger partial charge < -0.3 is 9.47 Å². The van der Waals surface area contributed by atoms with E-state index in [2.05, 4.69) is 4.90 Å². The molecule has 1 aromatic carbocycles. The van der Waals surface area contributed by atoms with Crippen molar-refractivity contribution in [2.75, 3.05) is 38.7 Å². The molecule has 0 atom stereocenters. The van der Waals surface area contributed by atoms with E-state index >= 15 is 0 Å². The van der Waals surface area contributed by atoms with Crippen molar-refractivity contribution in [3.8, 4) is 11.5 Å². The summed E-state index contributed by atoms with van der Waals surface area (Å²) in [5, 5.41) is 0. The lowest BCUT2D eigenvalue weighted by Gasteiger charge is -2.33. The number of benzene rings is 1. The van der Waals surface area contributed by atoms with Gasteiger partial charge in [-0.05, 0) is 24.6 Å². The molecule has 0 unspecified atom stereocenters. The van der Waals surface area contributed by atoms with Crippen molar-refractivity contribution in [3.05, 3.63) is 23.8 Å². The summed E-state index contributed by atoms with van der Waals surface area (Å²) in [6.45, 7) is 5.43. The van der Waals surface area contributed by atoms with Crippen LogP contribution >= 0.6 is 0 Å². The molecule has 0 radical (unpaired) electrons. The molecule has 116 valence electrons. The van der Waals surface area contributed by atoms with E-state index in [4.69, 9.17) is 9.47 Å². The minimum atomic E-state index is -3.06. The van der Waals surface area contributed by atoms with Crippen molar-refractivity contribution >= 4 is 10.0 Å². The summed E-state index contributed by atoms with van der Waals surface area (Å²) in [6.07, 6.45) is 0. The van der Waals surface area contributed by atoms with Crippen LogP contribution in [0, 0.1) is 0 Å². The Balaban J connectivity index is 1.58. The molecule has 6 nitrogen and oxygen atoms in total. The molecule has 0 amide bonds. The van der Waals surface area contributed by atoms with Gasteiger partial charge in [0.1, 0.15) is 0 Å². The highest BCUT2D eigenvalue weighted by Gasteiger charge is 2.25. The van der Waals surface area contributed by atoms with E-state index < -0.39 is 10.0 Å². The fraction of sp³-hybridized carbons (Fsp3) is 0.571. The van der Waals surface area contributed by atoms with E-state index in [1.807, 2.05) is 18.2 Å². The SMILES string of the molecule is CCS(=O)(=O)N1CCN(Cc2ccc3c(c2)OCO3)CC1. The predicted octanol–water partition coefficient (Wildman–Crippen LogP) is 0.883. The van der Waals surface area contributed by atoms with E-state index in [0.29, 0.717) is 13.1 Å². The molecule has 2 heterocycles. The third-order valence-electron chi connectivity index (χ3n) is 3.93. The third-order valence-corrected chi connectivity index (χ3v) is 5.81. The molecule has 0 aromatic heterocycles. The van der Waals surface area contributed by atoms with Crippen molar-refractivity contribution in [2.24, 2.45) is 0 Å². The van der Waals surface area contributed by atoms with Gasteiger partial charge in [-0.1, -0.05) is 6.07 Å². The Hall–Kier alpha value is -1.31. The van der Waals surface area contributed by atoms with Gasteiger partial charge in [-0.2, -0.15) is 4.31 Å². The predicted molar refractivity (Wildman–Crippen MR) is 78.9 cm³/mol. The molecular weight excluding hydrogens is 292 g/mol. The van der Waals surface area contributed by atoms with Crippen molar-refractivity contribution in [1.29, 1.82) is 0 Å². The summed E-state index contributed by atoms with van der Waals surface area (Å²) in [7, 11) is -3.06. The van der Waals surface area contributed by atoms with Gasteiger partial charge in [-0.25, -0.2) is 8.42 Å². The number of fused-ring (bicyclic) bond motifs is 1. The van der Waals surface area contributed by atoms with Gasteiger partial charge in [-0.3, -0.25) is 4.90 Å². The Bertz CT molecular complexity index is 609. The smallest absolute Gasteiger partial charge is 0.231 e. The van der Waals surface area contributed by atoms with Crippen LogP contribution in [0.1, 0.15) is 12.5 Å². The van der Waals surface area contributed by atoms with Crippen LogP contribution in [0.4, 0.5) is 0 Å². The zero-order chi connectivity index (χ0) is 14.9. The lowest BCUT2D eigenvalue weighted by Crippen LogP contribution is -2.48. The second kappa shape index (κ2) is 5.82. The molecule has 21 heavy (non-hydrogen) atoms. The zero-order valence-corrected chi connectivity index (χ0v) is 12.9. The number of ether oxygens (including phenoxy) is 2. The van der Waals surface area contributed by atoms with Crippen molar-refractivity contribution < 1.29 is 17.9 Å². The number of hydrogen-bond acceptors (Lipinski definition) is 5. The molecule has 2 aliphatic rings. The summed E-state index contributed by atoms with van der Waals surface area (Å²) < 4.78 is 35.9. The fourth-order valence-corrected chi connectivity index (χ4v) is 3.73. The summed E-state index contributed by atoms with van der Waals surface area (Å²) in [5.74, 6) is 1.76. The quantitative estimate of drug-likeness (QED) is 0.826. The van der Waals surface area contributed by atoms with Gasteiger partial charge >= 0.3 is 0 Å². The lowest BCUT2D eigenvalue weighted by molar-refractivity contribution is 0.173. The van der Waals surface area contributed by atoms with E-state index in [-0.39, 0.29) is 12.5 Å². The molecule has 2 aliphatic heterocycles. The highest BCUT2D eigenvalue weighted by Crippen LogP contribution is 2.32. The molecule has 1 saturated heterocycles.